The van der Waals surface area contributed by atoms with Crippen molar-refractivity contribution in [3.8, 4) is 0 Å². The zero-order valence-electron chi connectivity index (χ0n) is 8.93. The molecule has 0 radical (unpaired) electrons. The van der Waals surface area contributed by atoms with Crippen molar-refractivity contribution in [2.75, 3.05) is 6.61 Å². The van der Waals surface area contributed by atoms with Gasteiger partial charge < -0.3 is 15.5 Å². The molecule has 0 aliphatic rings. The lowest BCUT2D eigenvalue weighted by atomic mass is 10.2. The van der Waals surface area contributed by atoms with Crippen LogP contribution in [0.15, 0.2) is 6.07 Å². The highest BCUT2D eigenvalue weighted by molar-refractivity contribution is 6.34. The van der Waals surface area contributed by atoms with Crippen LogP contribution < -0.4 is 5.32 Å². The second-order valence-electron chi connectivity index (χ2n) is 3.25. The number of carbonyl (C=O) groups excluding carboxylic acids is 1. The second kappa shape index (κ2) is 6.48. The number of halogens is 2. The fraction of sp³-hybridized carbons (Fsp3) is 0.333. The van der Waals surface area contributed by atoms with Crippen molar-refractivity contribution in [2.24, 2.45) is 0 Å². The highest BCUT2D eigenvalue weighted by Gasteiger charge is 2.22. The maximum atomic E-state index is 11.7. The normalized spacial score (nSPS) is 11.9. The van der Waals surface area contributed by atoms with Gasteiger partial charge >= 0.3 is 5.97 Å². The molecule has 0 unspecified atom stereocenters. The van der Waals surface area contributed by atoms with E-state index < -0.39 is 17.9 Å². The maximum Gasteiger partial charge on any atom is 0.326 e. The van der Waals surface area contributed by atoms with E-state index in [4.69, 9.17) is 33.4 Å². The fourth-order valence-electron chi connectivity index (χ4n) is 1.13. The summed E-state index contributed by atoms with van der Waals surface area (Å²) in [7, 11) is 0. The molecule has 0 aliphatic carbocycles. The molecule has 1 aromatic rings. The van der Waals surface area contributed by atoms with Gasteiger partial charge in [-0.2, -0.15) is 0 Å². The number of hydrogen-bond donors (Lipinski definition) is 3. The number of nitrogens with one attached hydrogen (secondary N) is 1. The molecule has 0 fully saturated rings. The lowest BCUT2D eigenvalue weighted by Gasteiger charge is -2.13. The maximum absolute atomic E-state index is 11.7. The quantitative estimate of drug-likeness (QED) is 0.722. The SMILES string of the molecule is O=C(N[C@H](CCO)C(=O)O)c1cc(Cl)nnc1Cl. The van der Waals surface area contributed by atoms with Gasteiger partial charge in [-0.15, -0.1) is 10.2 Å². The van der Waals surface area contributed by atoms with E-state index in [0.29, 0.717) is 0 Å². The number of carbonyl (C=O) groups is 2. The van der Waals surface area contributed by atoms with Gasteiger partial charge in [0.1, 0.15) is 6.04 Å². The van der Waals surface area contributed by atoms with Crippen molar-refractivity contribution in [3.05, 3.63) is 21.9 Å². The third-order valence-electron chi connectivity index (χ3n) is 1.98. The third-order valence-corrected chi connectivity index (χ3v) is 2.45. The molecule has 9 heteroatoms. The Hall–Kier alpha value is -1.44. The molecule has 1 heterocycles. The van der Waals surface area contributed by atoms with E-state index in [1.807, 2.05) is 0 Å². The van der Waals surface area contributed by atoms with Gasteiger partial charge in [0.25, 0.3) is 5.91 Å². The molecule has 1 amide bonds. The number of rotatable bonds is 5. The van der Waals surface area contributed by atoms with E-state index in [9.17, 15) is 9.59 Å². The van der Waals surface area contributed by atoms with Gasteiger partial charge in [0.15, 0.2) is 10.3 Å². The van der Waals surface area contributed by atoms with E-state index in [0.717, 1.165) is 0 Å². The van der Waals surface area contributed by atoms with Crippen molar-refractivity contribution in [3.63, 3.8) is 0 Å². The minimum atomic E-state index is -1.26. The number of aromatic nitrogens is 2. The average molecular weight is 294 g/mol. The van der Waals surface area contributed by atoms with E-state index in [-0.39, 0.29) is 28.9 Å². The van der Waals surface area contributed by atoms with Crippen LogP contribution in [-0.2, 0) is 4.79 Å². The summed E-state index contributed by atoms with van der Waals surface area (Å²) in [5, 5.41) is 26.3. The molecule has 1 atom stereocenters. The van der Waals surface area contributed by atoms with Gasteiger partial charge in [-0.1, -0.05) is 23.2 Å². The Labute approximate surface area is 112 Å². The van der Waals surface area contributed by atoms with Crippen LogP contribution in [0.5, 0.6) is 0 Å². The molecule has 1 rings (SSSR count). The number of carboxylic acids is 1. The average Bonchev–Trinajstić information content (AvgIpc) is 2.31. The standard InChI is InChI=1S/C9H9Cl2N3O4/c10-6-3-4(7(11)14-13-6)8(16)12-5(1-2-15)9(17)18/h3,5,15H,1-2H2,(H,12,16)(H,17,18)/t5-/m1/s1. The van der Waals surface area contributed by atoms with Crippen molar-refractivity contribution in [2.45, 2.75) is 12.5 Å². The van der Waals surface area contributed by atoms with Gasteiger partial charge in [0.2, 0.25) is 0 Å². The number of hydrogen-bond acceptors (Lipinski definition) is 5. The van der Waals surface area contributed by atoms with Crippen LogP contribution in [0.2, 0.25) is 10.3 Å². The van der Waals surface area contributed by atoms with Gasteiger partial charge in [0.05, 0.1) is 5.56 Å². The van der Waals surface area contributed by atoms with Crippen LogP contribution in [0, 0.1) is 0 Å². The molecule has 3 N–H and O–H groups in total. The Morgan fingerprint density at radius 1 is 1.39 bits per heavy atom. The lowest BCUT2D eigenvalue weighted by molar-refractivity contribution is -0.139. The molecule has 1 aromatic heterocycles. The summed E-state index contributed by atoms with van der Waals surface area (Å²) >= 11 is 11.2. The van der Waals surface area contributed by atoms with Crippen LogP contribution in [-0.4, -0.2) is 44.9 Å². The molecule has 0 bridgehead atoms. The highest BCUT2D eigenvalue weighted by atomic mass is 35.5. The first-order valence-electron chi connectivity index (χ1n) is 4.79. The Kier molecular flexibility index (Phi) is 5.26. The third kappa shape index (κ3) is 3.80. The monoisotopic (exact) mass is 293 g/mol. The largest absolute Gasteiger partial charge is 0.480 e. The molecule has 0 aliphatic heterocycles. The van der Waals surface area contributed by atoms with Gasteiger partial charge in [-0.05, 0) is 6.07 Å². The first-order chi connectivity index (χ1) is 8.45. The van der Waals surface area contributed by atoms with Crippen molar-refractivity contribution >= 4 is 35.1 Å². The Morgan fingerprint density at radius 3 is 2.61 bits per heavy atom. The summed E-state index contributed by atoms with van der Waals surface area (Å²) in [6.07, 6.45) is -0.120. The molecule has 0 saturated heterocycles. The van der Waals surface area contributed by atoms with Crippen molar-refractivity contribution in [1.29, 1.82) is 0 Å². The molecule has 18 heavy (non-hydrogen) atoms. The highest BCUT2D eigenvalue weighted by Crippen LogP contribution is 2.15. The molecule has 0 spiro atoms. The number of aliphatic hydroxyl groups excluding tert-OH is 1. The van der Waals surface area contributed by atoms with Gasteiger partial charge in [0, 0.05) is 13.0 Å². The predicted octanol–water partition coefficient (Wildman–Crippen LogP) is 0.349. The van der Waals surface area contributed by atoms with Crippen molar-refractivity contribution < 1.29 is 19.8 Å². The zero-order chi connectivity index (χ0) is 13.7. The molecular formula is C9H9Cl2N3O4. The van der Waals surface area contributed by atoms with E-state index in [2.05, 4.69) is 15.5 Å². The Morgan fingerprint density at radius 2 is 2.06 bits per heavy atom. The first kappa shape index (κ1) is 14.6. The van der Waals surface area contributed by atoms with Crippen LogP contribution in [0.3, 0.4) is 0 Å². The lowest BCUT2D eigenvalue weighted by Crippen LogP contribution is -2.41. The van der Waals surface area contributed by atoms with Crippen molar-refractivity contribution in [1.82, 2.24) is 15.5 Å². The van der Waals surface area contributed by atoms with E-state index in [1.54, 1.807) is 0 Å². The molecule has 7 nitrogen and oxygen atoms in total. The minimum absolute atomic E-state index is 0.0430. The minimum Gasteiger partial charge on any atom is -0.480 e. The number of amides is 1. The summed E-state index contributed by atoms with van der Waals surface area (Å²) in [5.74, 6) is -2.01. The van der Waals surface area contributed by atoms with Crippen LogP contribution in [0.1, 0.15) is 16.8 Å². The molecular weight excluding hydrogens is 285 g/mol. The number of aliphatic hydroxyl groups is 1. The van der Waals surface area contributed by atoms with Crippen LogP contribution in [0.25, 0.3) is 0 Å². The first-order valence-corrected chi connectivity index (χ1v) is 5.54. The zero-order valence-corrected chi connectivity index (χ0v) is 10.4. The second-order valence-corrected chi connectivity index (χ2v) is 3.99. The van der Waals surface area contributed by atoms with Crippen LogP contribution in [0.4, 0.5) is 0 Å². The summed E-state index contributed by atoms with van der Waals surface area (Å²) in [6, 6.07) is -0.0464. The van der Waals surface area contributed by atoms with E-state index in [1.165, 1.54) is 6.07 Å². The molecule has 0 aromatic carbocycles. The number of aliphatic carboxylic acids is 1. The van der Waals surface area contributed by atoms with E-state index >= 15 is 0 Å². The number of carboxylic acid groups (broad SMARTS) is 1. The molecule has 0 saturated carbocycles. The van der Waals surface area contributed by atoms with Gasteiger partial charge in [-0.25, -0.2) is 4.79 Å². The summed E-state index contributed by atoms with van der Waals surface area (Å²) < 4.78 is 0. The Bertz CT molecular complexity index is 469. The topological polar surface area (TPSA) is 112 Å². The molecule has 98 valence electrons. The summed E-state index contributed by atoms with van der Waals surface area (Å²) in [5.41, 5.74) is -0.0825. The fourth-order valence-corrected chi connectivity index (χ4v) is 1.46. The van der Waals surface area contributed by atoms with Gasteiger partial charge in [-0.3, -0.25) is 4.79 Å². The Balaban J connectivity index is 2.86. The smallest absolute Gasteiger partial charge is 0.326 e. The summed E-state index contributed by atoms with van der Waals surface area (Å²) in [6.45, 7) is -0.375. The predicted molar refractivity (Wildman–Crippen MR) is 62.6 cm³/mol. The number of nitrogens with zero attached hydrogens (tertiary/aromatic N) is 2. The van der Waals surface area contributed by atoms with Crippen LogP contribution >= 0.6 is 23.2 Å². The summed E-state index contributed by atoms with van der Waals surface area (Å²) in [4.78, 5) is 22.5.